The molecule has 0 bridgehead atoms. The second-order valence-electron chi connectivity index (χ2n) is 14.9. The molecule has 1 saturated heterocycles. The molecule has 1 aromatic heterocycles. The molecule has 2 aliphatic heterocycles. The zero-order valence-electron chi connectivity index (χ0n) is 29.1. The van der Waals surface area contributed by atoms with Crippen LogP contribution < -0.4 is 9.64 Å². The van der Waals surface area contributed by atoms with Gasteiger partial charge in [-0.3, -0.25) is 9.59 Å². The first-order valence-electron chi connectivity index (χ1n) is 17.3. The molecule has 0 spiro atoms. The van der Waals surface area contributed by atoms with Gasteiger partial charge in [-0.1, -0.05) is 75.4 Å². The molecule has 50 heavy (non-hydrogen) atoms. The van der Waals surface area contributed by atoms with Crippen LogP contribution in [0.2, 0.25) is 0 Å². The zero-order chi connectivity index (χ0) is 35.2. The molecule has 0 aliphatic carbocycles. The highest BCUT2D eigenvalue weighted by molar-refractivity contribution is 6.19. The summed E-state index contributed by atoms with van der Waals surface area (Å²) in [5, 5.41) is 2.58. The number of nitrogens with zero attached hydrogens (tertiary/aromatic N) is 3. The normalized spacial score (nSPS) is 16.6. The second kappa shape index (κ2) is 13.6. The number of carbonyl (C=O) groups is 3. The summed E-state index contributed by atoms with van der Waals surface area (Å²) in [5.41, 5.74) is 5.88. The van der Waals surface area contributed by atoms with E-state index >= 15 is 0 Å². The minimum atomic E-state index is -0.393. The minimum absolute atomic E-state index is 0.0515. The molecule has 1 N–H and O–H groups in total. The molecule has 1 atom stereocenters. The Morgan fingerprint density at radius 1 is 0.880 bits per heavy atom. The molecule has 4 aromatic carbocycles. The molecule has 258 valence electrons. The van der Waals surface area contributed by atoms with Crippen LogP contribution >= 0.6 is 11.6 Å². The molecular formula is C41H43ClN4O4. The standard InChI is InChI=1S/C41H43ClN4O4/c1-41(2,3)23-26-9-12-28(13-10-26)36(47)20-27-11-14-33-29(19-27)21-34(43-33)39(48)46-25-30(24-42)38-32-8-6-5-7-31(32)37(22-35(38)46)50-40(49)45-17-15-44(4)16-18-45/h5-14,19,21-22,30,43H,15-18,20,23-25H2,1-4H3/t30-/m1/s1. The number of halogens is 1. The van der Waals surface area contributed by atoms with E-state index in [-0.39, 0.29) is 29.4 Å². The van der Waals surface area contributed by atoms with Crippen molar-refractivity contribution in [1.82, 2.24) is 14.8 Å². The van der Waals surface area contributed by atoms with Crippen molar-refractivity contribution in [2.24, 2.45) is 5.41 Å². The first-order chi connectivity index (χ1) is 24.0. The van der Waals surface area contributed by atoms with E-state index in [1.165, 1.54) is 5.56 Å². The number of nitrogens with one attached hydrogen (secondary N) is 1. The monoisotopic (exact) mass is 690 g/mol. The lowest BCUT2D eigenvalue weighted by molar-refractivity contribution is 0.0979. The molecule has 5 aromatic rings. The van der Waals surface area contributed by atoms with Gasteiger partial charge in [0.15, 0.2) is 5.78 Å². The Balaban J connectivity index is 1.14. The number of rotatable bonds is 7. The summed E-state index contributed by atoms with van der Waals surface area (Å²) in [6.45, 7) is 9.78. The molecule has 0 unspecified atom stereocenters. The molecule has 3 heterocycles. The number of Topliss-reactive ketones (excluding diaryl/α,β-unsaturated/α-hetero) is 1. The summed E-state index contributed by atoms with van der Waals surface area (Å²) < 4.78 is 6.04. The Bertz CT molecular complexity index is 2090. The van der Waals surface area contributed by atoms with Crippen molar-refractivity contribution < 1.29 is 19.1 Å². The van der Waals surface area contributed by atoms with Gasteiger partial charge in [0.05, 0.1) is 5.69 Å². The van der Waals surface area contributed by atoms with Crippen molar-refractivity contribution in [3.8, 4) is 5.75 Å². The van der Waals surface area contributed by atoms with Crippen molar-refractivity contribution in [3.05, 3.63) is 107 Å². The van der Waals surface area contributed by atoms with Crippen molar-refractivity contribution in [2.45, 2.75) is 39.5 Å². The van der Waals surface area contributed by atoms with Crippen LogP contribution in [0, 0.1) is 5.41 Å². The average Bonchev–Trinajstić information content (AvgIpc) is 3.69. The fourth-order valence-electron chi connectivity index (χ4n) is 7.22. The predicted molar refractivity (Wildman–Crippen MR) is 200 cm³/mol. The van der Waals surface area contributed by atoms with Gasteiger partial charge < -0.3 is 24.4 Å². The van der Waals surface area contributed by atoms with E-state index in [0.717, 1.165) is 52.3 Å². The Morgan fingerprint density at radius 3 is 2.28 bits per heavy atom. The van der Waals surface area contributed by atoms with Gasteiger partial charge in [-0.15, -0.1) is 11.6 Å². The van der Waals surface area contributed by atoms with Crippen LogP contribution in [-0.2, 0) is 12.8 Å². The topological polar surface area (TPSA) is 85.9 Å². The predicted octanol–water partition coefficient (Wildman–Crippen LogP) is 8.06. The molecule has 0 saturated carbocycles. The van der Waals surface area contributed by atoms with Gasteiger partial charge in [0.2, 0.25) is 0 Å². The van der Waals surface area contributed by atoms with Crippen LogP contribution in [-0.4, -0.2) is 78.2 Å². The smallest absolute Gasteiger partial charge is 0.409 e. The van der Waals surface area contributed by atoms with Gasteiger partial charge in [0, 0.05) is 78.9 Å². The minimum Gasteiger partial charge on any atom is -0.409 e. The molecule has 1 fully saturated rings. The summed E-state index contributed by atoms with van der Waals surface area (Å²) in [6.07, 6.45) is 0.822. The first-order valence-corrected chi connectivity index (χ1v) is 17.8. The SMILES string of the molecule is CN1CCN(C(=O)Oc2cc3c(c4ccccc24)[C@H](CCl)CN3C(=O)c2cc3cc(CC(=O)c4ccc(CC(C)(C)C)cc4)ccc3[nH]2)CC1. The van der Waals surface area contributed by atoms with Gasteiger partial charge in [0.25, 0.3) is 5.91 Å². The number of hydrogen-bond donors (Lipinski definition) is 1. The number of ketones is 1. The van der Waals surface area contributed by atoms with E-state index < -0.39 is 6.09 Å². The van der Waals surface area contributed by atoms with Crippen molar-refractivity contribution in [3.63, 3.8) is 0 Å². The van der Waals surface area contributed by atoms with Crippen molar-refractivity contribution >= 4 is 56.7 Å². The van der Waals surface area contributed by atoms with Crippen molar-refractivity contribution in [1.29, 1.82) is 0 Å². The molecule has 7 rings (SSSR count). The number of piperazine rings is 1. The number of hydrogen-bond acceptors (Lipinski definition) is 5. The zero-order valence-corrected chi connectivity index (χ0v) is 29.8. The summed E-state index contributed by atoms with van der Waals surface area (Å²) >= 11 is 6.52. The third-order valence-electron chi connectivity index (χ3n) is 9.81. The van der Waals surface area contributed by atoms with E-state index in [0.29, 0.717) is 48.2 Å². The van der Waals surface area contributed by atoms with E-state index in [1.54, 1.807) is 9.80 Å². The van der Waals surface area contributed by atoms with E-state index in [4.69, 9.17) is 16.3 Å². The number of carbonyl (C=O) groups excluding carboxylic acids is 3. The molecule has 9 heteroatoms. The maximum Gasteiger partial charge on any atom is 0.415 e. The number of alkyl halides is 1. The molecule has 2 amide bonds. The largest absolute Gasteiger partial charge is 0.415 e. The molecule has 2 aliphatic rings. The average molecular weight is 691 g/mol. The summed E-state index contributed by atoms with van der Waals surface area (Å²) in [4.78, 5) is 49.6. The van der Waals surface area contributed by atoms with Gasteiger partial charge in [0.1, 0.15) is 11.4 Å². The van der Waals surface area contributed by atoms with Crippen LogP contribution in [0.4, 0.5) is 10.5 Å². The fraction of sp³-hybridized carbons (Fsp3) is 0.341. The molecular weight excluding hydrogens is 648 g/mol. The highest BCUT2D eigenvalue weighted by atomic mass is 35.5. The molecule has 0 radical (unpaired) electrons. The number of ether oxygens (including phenoxy) is 1. The van der Waals surface area contributed by atoms with Crippen molar-refractivity contribution in [2.75, 3.05) is 50.6 Å². The summed E-state index contributed by atoms with van der Waals surface area (Å²) in [6, 6.07) is 25.2. The first kappa shape index (κ1) is 33.8. The Kier molecular flexibility index (Phi) is 9.18. The lowest BCUT2D eigenvalue weighted by Gasteiger charge is -2.31. The van der Waals surface area contributed by atoms with Crippen LogP contribution in [0.3, 0.4) is 0 Å². The summed E-state index contributed by atoms with van der Waals surface area (Å²) in [7, 11) is 2.04. The maximum absolute atomic E-state index is 14.2. The van der Waals surface area contributed by atoms with E-state index in [2.05, 4.69) is 30.7 Å². The third kappa shape index (κ3) is 6.87. The highest BCUT2D eigenvalue weighted by Crippen LogP contribution is 2.46. The Morgan fingerprint density at radius 2 is 1.58 bits per heavy atom. The Hall–Kier alpha value is -4.66. The van der Waals surface area contributed by atoms with Crippen LogP contribution in [0.25, 0.3) is 21.7 Å². The summed E-state index contributed by atoms with van der Waals surface area (Å²) in [5.74, 6) is 0.522. The second-order valence-corrected chi connectivity index (χ2v) is 15.2. The quantitative estimate of drug-likeness (QED) is 0.138. The maximum atomic E-state index is 14.2. The van der Waals surface area contributed by atoms with Crippen LogP contribution in [0.15, 0.2) is 78.9 Å². The number of aromatic amines is 1. The number of fused-ring (bicyclic) bond motifs is 4. The number of anilines is 1. The van der Waals surface area contributed by atoms with E-state index in [1.807, 2.05) is 85.9 Å². The van der Waals surface area contributed by atoms with Crippen LogP contribution in [0.5, 0.6) is 5.75 Å². The number of H-pyrrole nitrogens is 1. The number of amides is 2. The lowest BCUT2D eigenvalue weighted by atomic mass is 9.87. The third-order valence-corrected chi connectivity index (χ3v) is 10.2. The van der Waals surface area contributed by atoms with Gasteiger partial charge in [-0.2, -0.15) is 0 Å². The Labute approximate surface area is 297 Å². The van der Waals surface area contributed by atoms with Gasteiger partial charge in [-0.25, -0.2) is 4.79 Å². The number of likely N-dealkylation sites (N-methyl/N-ethyl adjacent to an activating group) is 1. The highest BCUT2D eigenvalue weighted by Gasteiger charge is 2.36. The van der Waals surface area contributed by atoms with E-state index in [9.17, 15) is 14.4 Å². The van der Waals surface area contributed by atoms with Crippen LogP contribution in [0.1, 0.15) is 64.2 Å². The number of benzene rings is 4. The molecule has 8 nitrogen and oxygen atoms in total. The fourth-order valence-corrected chi connectivity index (χ4v) is 7.48. The number of aromatic nitrogens is 1. The van der Waals surface area contributed by atoms with Gasteiger partial charge >= 0.3 is 6.09 Å². The lowest BCUT2D eigenvalue weighted by Crippen LogP contribution is -2.48. The van der Waals surface area contributed by atoms with Gasteiger partial charge in [-0.05, 0) is 59.2 Å².